The van der Waals surface area contributed by atoms with Gasteiger partial charge in [-0.1, -0.05) is 32.0 Å². The van der Waals surface area contributed by atoms with E-state index in [0.717, 1.165) is 37.3 Å². The second-order valence-corrected chi connectivity index (χ2v) is 5.32. The molecule has 1 amide bonds. The molecule has 18 heavy (non-hydrogen) atoms. The predicted molar refractivity (Wildman–Crippen MR) is 74.7 cm³/mol. The maximum atomic E-state index is 12.2. The molecule has 3 nitrogen and oxygen atoms in total. The quantitative estimate of drug-likeness (QED) is 0.889. The number of nitrogens with one attached hydrogen (secondary N) is 1. The second-order valence-electron chi connectivity index (χ2n) is 5.32. The van der Waals surface area contributed by atoms with Gasteiger partial charge < -0.3 is 10.2 Å². The Bertz CT molecular complexity index is 415. The summed E-state index contributed by atoms with van der Waals surface area (Å²) in [5, 5.41) is 3.41. The summed E-state index contributed by atoms with van der Waals surface area (Å²) in [6.07, 6.45) is 1.59. The summed E-state index contributed by atoms with van der Waals surface area (Å²) >= 11 is 0. The van der Waals surface area contributed by atoms with Crippen LogP contribution in [0.15, 0.2) is 24.3 Å². The molecule has 1 N–H and O–H groups in total. The number of rotatable bonds is 3. The first-order valence-electron chi connectivity index (χ1n) is 6.76. The summed E-state index contributed by atoms with van der Waals surface area (Å²) in [7, 11) is 0. The molecule has 1 aliphatic heterocycles. The van der Waals surface area contributed by atoms with Crippen molar-refractivity contribution < 1.29 is 4.79 Å². The van der Waals surface area contributed by atoms with Crippen LogP contribution < -0.4 is 5.32 Å². The standard InChI is InChI=1S/C15H22N2O/c1-12(2)7-9-17-10-8-16-14-6-4-3-5-13(14)11-15(17)18/h3-6,12,16H,7-11H2,1-2H3. The number of anilines is 1. The Morgan fingerprint density at radius 3 is 2.89 bits per heavy atom. The smallest absolute Gasteiger partial charge is 0.227 e. The normalized spacial score (nSPS) is 15.9. The molecule has 0 spiro atoms. The number of hydrogen-bond acceptors (Lipinski definition) is 2. The topological polar surface area (TPSA) is 32.3 Å². The van der Waals surface area contributed by atoms with Gasteiger partial charge in [-0.05, 0) is 24.0 Å². The molecule has 1 aromatic carbocycles. The van der Waals surface area contributed by atoms with E-state index in [9.17, 15) is 4.79 Å². The van der Waals surface area contributed by atoms with Crippen molar-refractivity contribution in [2.24, 2.45) is 5.92 Å². The van der Waals surface area contributed by atoms with E-state index >= 15 is 0 Å². The van der Waals surface area contributed by atoms with Gasteiger partial charge in [-0.3, -0.25) is 4.79 Å². The molecule has 0 atom stereocenters. The van der Waals surface area contributed by atoms with Crippen LogP contribution >= 0.6 is 0 Å². The minimum atomic E-state index is 0.254. The van der Waals surface area contributed by atoms with Gasteiger partial charge in [0.1, 0.15) is 0 Å². The van der Waals surface area contributed by atoms with Crippen LogP contribution in [0.2, 0.25) is 0 Å². The molecule has 0 radical (unpaired) electrons. The van der Waals surface area contributed by atoms with Gasteiger partial charge in [0.2, 0.25) is 5.91 Å². The lowest BCUT2D eigenvalue weighted by atomic mass is 10.1. The Labute approximate surface area is 109 Å². The third-order valence-electron chi connectivity index (χ3n) is 3.39. The number of benzene rings is 1. The lowest BCUT2D eigenvalue weighted by Gasteiger charge is -2.27. The molecule has 98 valence electrons. The zero-order valence-corrected chi connectivity index (χ0v) is 11.3. The average molecular weight is 246 g/mol. The summed E-state index contributed by atoms with van der Waals surface area (Å²) in [5.74, 6) is 0.896. The van der Waals surface area contributed by atoms with Gasteiger partial charge in [0, 0.05) is 25.3 Å². The molecule has 0 unspecified atom stereocenters. The fraction of sp³-hybridized carbons (Fsp3) is 0.533. The van der Waals surface area contributed by atoms with Crippen molar-refractivity contribution in [1.29, 1.82) is 0 Å². The molecule has 0 saturated heterocycles. The molecule has 2 rings (SSSR count). The van der Waals surface area contributed by atoms with E-state index in [-0.39, 0.29) is 5.91 Å². The van der Waals surface area contributed by atoms with Crippen molar-refractivity contribution in [3.05, 3.63) is 29.8 Å². The van der Waals surface area contributed by atoms with E-state index in [2.05, 4.69) is 19.2 Å². The van der Waals surface area contributed by atoms with E-state index < -0.39 is 0 Å². The Kier molecular flexibility index (Phi) is 4.24. The van der Waals surface area contributed by atoms with Gasteiger partial charge >= 0.3 is 0 Å². The molecule has 0 bridgehead atoms. The summed E-state index contributed by atoms with van der Waals surface area (Å²) in [4.78, 5) is 14.2. The van der Waals surface area contributed by atoms with E-state index in [1.807, 2.05) is 29.2 Å². The minimum Gasteiger partial charge on any atom is -0.383 e. The van der Waals surface area contributed by atoms with Crippen molar-refractivity contribution >= 4 is 11.6 Å². The zero-order chi connectivity index (χ0) is 13.0. The third kappa shape index (κ3) is 3.25. The Balaban J connectivity index is 2.05. The van der Waals surface area contributed by atoms with Crippen LogP contribution in [0, 0.1) is 5.92 Å². The highest BCUT2D eigenvalue weighted by molar-refractivity contribution is 5.81. The third-order valence-corrected chi connectivity index (χ3v) is 3.39. The van der Waals surface area contributed by atoms with Gasteiger partial charge in [-0.15, -0.1) is 0 Å². The number of carbonyl (C=O) groups is 1. The van der Waals surface area contributed by atoms with Crippen LogP contribution in [0.5, 0.6) is 0 Å². The largest absolute Gasteiger partial charge is 0.383 e. The predicted octanol–water partition coefficient (Wildman–Crippen LogP) is 2.53. The lowest BCUT2D eigenvalue weighted by molar-refractivity contribution is -0.130. The molecule has 0 aromatic heterocycles. The van der Waals surface area contributed by atoms with Gasteiger partial charge in [-0.2, -0.15) is 0 Å². The van der Waals surface area contributed by atoms with E-state index in [1.54, 1.807) is 0 Å². The number of nitrogens with zero attached hydrogens (tertiary/aromatic N) is 1. The maximum Gasteiger partial charge on any atom is 0.227 e. The zero-order valence-electron chi connectivity index (χ0n) is 11.3. The Hall–Kier alpha value is -1.51. The van der Waals surface area contributed by atoms with Gasteiger partial charge in [0.15, 0.2) is 0 Å². The molecule has 1 heterocycles. The number of amides is 1. The summed E-state index contributed by atoms with van der Waals surface area (Å²) in [6.45, 7) is 6.91. The highest BCUT2D eigenvalue weighted by Crippen LogP contribution is 2.18. The van der Waals surface area contributed by atoms with Crippen molar-refractivity contribution in [3.8, 4) is 0 Å². The van der Waals surface area contributed by atoms with Crippen molar-refractivity contribution in [2.75, 3.05) is 25.0 Å². The minimum absolute atomic E-state index is 0.254. The molecule has 1 aliphatic rings. The molecule has 1 aromatic rings. The number of hydrogen-bond donors (Lipinski definition) is 1. The number of para-hydroxylation sites is 1. The first-order valence-corrected chi connectivity index (χ1v) is 6.76. The average Bonchev–Trinajstić information content (AvgIpc) is 2.32. The van der Waals surface area contributed by atoms with Crippen molar-refractivity contribution in [3.63, 3.8) is 0 Å². The van der Waals surface area contributed by atoms with Gasteiger partial charge in [-0.25, -0.2) is 0 Å². The number of carbonyl (C=O) groups excluding carboxylic acids is 1. The highest BCUT2D eigenvalue weighted by atomic mass is 16.2. The molecular weight excluding hydrogens is 224 g/mol. The van der Waals surface area contributed by atoms with Gasteiger partial charge in [0.05, 0.1) is 6.42 Å². The van der Waals surface area contributed by atoms with E-state index in [0.29, 0.717) is 12.3 Å². The van der Waals surface area contributed by atoms with Crippen LogP contribution in [0.4, 0.5) is 5.69 Å². The Morgan fingerprint density at radius 1 is 1.33 bits per heavy atom. The maximum absolute atomic E-state index is 12.2. The first kappa shape index (κ1) is 12.9. The monoisotopic (exact) mass is 246 g/mol. The molecular formula is C15H22N2O. The Morgan fingerprint density at radius 2 is 2.11 bits per heavy atom. The molecule has 0 aliphatic carbocycles. The van der Waals surface area contributed by atoms with Crippen LogP contribution in [0.3, 0.4) is 0 Å². The second kappa shape index (κ2) is 5.89. The fourth-order valence-corrected chi connectivity index (χ4v) is 2.22. The SMILES string of the molecule is CC(C)CCN1CCNc2ccccc2CC1=O. The molecule has 3 heteroatoms. The summed E-state index contributed by atoms with van der Waals surface area (Å²) < 4.78 is 0. The van der Waals surface area contributed by atoms with Crippen LogP contribution in [0.1, 0.15) is 25.8 Å². The van der Waals surface area contributed by atoms with Crippen molar-refractivity contribution in [2.45, 2.75) is 26.7 Å². The lowest BCUT2D eigenvalue weighted by Crippen LogP contribution is -2.39. The van der Waals surface area contributed by atoms with E-state index in [4.69, 9.17) is 0 Å². The van der Waals surface area contributed by atoms with Crippen molar-refractivity contribution in [1.82, 2.24) is 4.90 Å². The summed E-state index contributed by atoms with van der Waals surface area (Å²) in [6, 6.07) is 8.08. The molecule has 0 fully saturated rings. The van der Waals surface area contributed by atoms with Crippen LogP contribution in [0.25, 0.3) is 0 Å². The summed E-state index contributed by atoms with van der Waals surface area (Å²) in [5.41, 5.74) is 2.21. The van der Waals surface area contributed by atoms with E-state index in [1.165, 1.54) is 0 Å². The van der Waals surface area contributed by atoms with Crippen LogP contribution in [-0.4, -0.2) is 30.4 Å². The van der Waals surface area contributed by atoms with Crippen LogP contribution in [-0.2, 0) is 11.2 Å². The van der Waals surface area contributed by atoms with Gasteiger partial charge in [0.25, 0.3) is 0 Å². The highest BCUT2D eigenvalue weighted by Gasteiger charge is 2.18. The number of fused-ring (bicyclic) bond motifs is 1. The first-order chi connectivity index (χ1) is 8.66. The fourth-order valence-electron chi connectivity index (χ4n) is 2.22. The molecule has 0 saturated carbocycles.